The molecule has 1 unspecified atom stereocenters. The number of fused-ring (bicyclic) bond motifs is 1. The van der Waals surface area contributed by atoms with Crippen molar-refractivity contribution in [1.82, 2.24) is 4.98 Å². The second kappa shape index (κ2) is 4.17. The van der Waals surface area contributed by atoms with Crippen LogP contribution in [0.15, 0.2) is 29.6 Å². The zero-order chi connectivity index (χ0) is 13.6. The van der Waals surface area contributed by atoms with Crippen LogP contribution < -0.4 is 0 Å². The Morgan fingerprint density at radius 1 is 1.42 bits per heavy atom. The summed E-state index contributed by atoms with van der Waals surface area (Å²) < 4.78 is 0. The predicted octanol–water partition coefficient (Wildman–Crippen LogP) is 3.19. The van der Waals surface area contributed by atoms with Gasteiger partial charge in [-0.15, -0.1) is 11.3 Å². The highest BCUT2D eigenvalue weighted by Gasteiger charge is 2.35. The van der Waals surface area contributed by atoms with Crippen LogP contribution in [0.2, 0.25) is 0 Å². The van der Waals surface area contributed by atoms with E-state index in [1.165, 1.54) is 11.1 Å². The van der Waals surface area contributed by atoms with Crippen molar-refractivity contribution in [2.45, 2.75) is 31.6 Å². The van der Waals surface area contributed by atoms with E-state index in [-0.39, 0.29) is 0 Å². The average Bonchev–Trinajstić information content (AvgIpc) is 2.80. The fourth-order valence-electron chi connectivity index (χ4n) is 2.32. The molecule has 1 aliphatic rings. The van der Waals surface area contributed by atoms with Crippen molar-refractivity contribution in [3.63, 3.8) is 0 Å². The molecule has 19 heavy (non-hydrogen) atoms. The number of hydrogen-bond acceptors (Lipinski definition) is 3. The first-order chi connectivity index (χ1) is 9.00. The average molecular weight is 273 g/mol. The van der Waals surface area contributed by atoms with Crippen LogP contribution in [0.5, 0.6) is 0 Å². The summed E-state index contributed by atoms with van der Waals surface area (Å²) in [5.74, 6) is -0.488. The fraction of sp³-hybridized carbons (Fsp3) is 0.333. The minimum Gasteiger partial charge on any atom is -0.481 e. The first-order valence-electron chi connectivity index (χ1n) is 6.27. The van der Waals surface area contributed by atoms with E-state index in [0.29, 0.717) is 11.6 Å². The van der Waals surface area contributed by atoms with Crippen molar-refractivity contribution >= 4 is 17.3 Å². The van der Waals surface area contributed by atoms with E-state index < -0.39 is 11.4 Å². The van der Waals surface area contributed by atoms with E-state index in [0.717, 1.165) is 11.4 Å². The molecule has 0 amide bonds. The normalized spacial score (nSPS) is 17.7. The molecule has 0 saturated heterocycles. The summed E-state index contributed by atoms with van der Waals surface area (Å²) in [5, 5.41) is 12.1. The van der Waals surface area contributed by atoms with Crippen LogP contribution in [0.25, 0.3) is 0 Å². The number of carbonyl (C=O) groups is 1. The predicted molar refractivity (Wildman–Crippen MR) is 74.8 cm³/mol. The SMILES string of the molecule is CC(C)(C(=O)O)c1csc(C2Cc3ccccc32)n1. The lowest BCUT2D eigenvalue weighted by Crippen LogP contribution is -2.29. The lowest BCUT2D eigenvalue weighted by Gasteiger charge is -2.28. The van der Waals surface area contributed by atoms with Crippen LogP contribution >= 0.6 is 11.3 Å². The molecule has 1 N–H and O–H groups in total. The molecular formula is C15H15NO2S. The Balaban J connectivity index is 1.91. The van der Waals surface area contributed by atoms with Crippen LogP contribution in [0.3, 0.4) is 0 Å². The third kappa shape index (κ3) is 1.87. The van der Waals surface area contributed by atoms with Gasteiger partial charge in [-0.05, 0) is 31.4 Å². The van der Waals surface area contributed by atoms with Crippen molar-refractivity contribution in [3.05, 3.63) is 51.5 Å². The minimum atomic E-state index is -0.919. The van der Waals surface area contributed by atoms with Gasteiger partial charge < -0.3 is 5.11 Å². The highest BCUT2D eigenvalue weighted by Crippen LogP contribution is 2.41. The zero-order valence-corrected chi connectivity index (χ0v) is 11.7. The summed E-state index contributed by atoms with van der Waals surface area (Å²) in [7, 11) is 0. The van der Waals surface area contributed by atoms with Crippen LogP contribution in [0, 0.1) is 0 Å². The molecule has 1 heterocycles. The summed E-state index contributed by atoms with van der Waals surface area (Å²) >= 11 is 1.57. The zero-order valence-electron chi connectivity index (χ0n) is 10.9. The number of hydrogen-bond donors (Lipinski definition) is 1. The molecule has 0 bridgehead atoms. The molecule has 0 radical (unpaired) electrons. The molecule has 2 aromatic rings. The van der Waals surface area contributed by atoms with Crippen molar-refractivity contribution < 1.29 is 9.90 Å². The standard InChI is InChI=1S/C15H15NO2S/c1-15(2,14(17)18)12-8-19-13(16-12)11-7-9-5-3-4-6-10(9)11/h3-6,8,11H,7H2,1-2H3,(H,17,18). The number of aliphatic carboxylic acids is 1. The largest absolute Gasteiger partial charge is 0.481 e. The highest BCUT2D eigenvalue weighted by molar-refractivity contribution is 7.09. The van der Waals surface area contributed by atoms with Crippen molar-refractivity contribution in [1.29, 1.82) is 0 Å². The van der Waals surface area contributed by atoms with Gasteiger partial charge in [-0.1, -0.05) is 24.3 Å². The first kappa shape index (κ1) is 12.4. The number of nitrogens with zero attached hydrogens (tertiary/aromatic N) is 1. The van der Waals surface area contributed by atoms with Crippen molar-refractivity contribution in [2.24, 2.45) is 0 Å². The van der Waals surface area contributed by atoms with Gasteiger partial charge in [-0.3, -0.25) is 4.79 Å². The van der Waals surface area contributed by atoms with Crippen molar-refractivity contribution in [2.75, 3.05) is 0 Å². The van der Waals surface area contributed by atoms with Crippen LogP contribution in [-0.2, 0) is 16.6 Å². The summed E-state index contributed by atoms with van der Waals surface area (Å²) in [4.78, 5) is 15.8. The molecule has 1 aromatic heterocycles. The molecular weight excluding hydrogens is 258 g/mol. The molecule has 0 aliphatic heterocycles. The first-order valence-corrected chi connectivity index (χ1v) is 7.15. The Bertz CT molecular complexity index is 645. The molecule has 1 aromatic carbocycles. The Morgan fingerprint density at radius 2 is 2.16 bits per heavy atom. The number of thiazole rings is 1. The number of benzene rings is 1. The Morgan fingerprint density at radius 3 is 2.84 bits per heavy atom. The van der Waals surface area contributed by atoms with E-state index in [4.69, 9.17) is 0 Å². The van der Waals surface area contributed by atoms with Gasteiger partial charge in [0, 0.05) is 11.3 Å². The van der Waals surface area contributed by atoms with Gasteiger partial charge in [0.15, 0.2) is 0 Å². The Hall–Kier alpha value is -1.68. The highest BCUT2D eigenvalue weighted by atomic mass is 32.1. The van der Waals surface area contributed by atoms with E-state index in [9.17, 15) is 9.90 Å². The third-order valence-corrected chi connectivity index (χ3v) is 4.81. The van der Waals surface area contributed by atoms with Gasteiger partial charge in [0.25, 0.3) is 0 Å². The quantitative estimate of drug-likeness (QED) is 0.934. The molecule has 3 nitrogen and oxygen atoms in total. The third-order valence-electron chi connectivity index (χ3n) is 3.85. The Labute approximate surface area is 115 Å². The van der Waals surface area contributed by atoms with Gasteiger partial charge in [-0.25, -0.2) is 4.98 Å². The summed E-state index contributed by atoms with van der Waals surface area (Å²) in [6.07, 6.45) is 1.01. The van der Waals surface area contributed by atoms with Gasteiger partial charge in [-0.2, -0.15) is 0 Å². The number of carboxylic acids is 1. The molecule has 0 saturated carbocycles. The van der Waals surface area contributed by atoms with Gasteiger partial charge in [0.2, 0.25) is 0 Å². The van der Waals surface area contributed by atoms with Gasteiger partial charge >= 0.3 is 5.97 Å². The van der Waals surface area contributed by atoms with Crippen LogP contribution in [0.4, 0.5) is 0 Å². The van der Waals surface area contributed by atoms with Gasteiger partial charge in [0.1, 0.15) is 10.4 Å². The second-order valence-electron chi connectivity index (χ2n) is 5.46. The summed E-state index contributed by atoms with van der Waals surface area (Å²) in [6, 6.07) is 8.37. The van der Waals surface area contributed by atoms with E-state index in [1.54, 1.807) is 25.2 Å². The molecule has 3 rings (SSSR count). The molecule has 1 atom stereocenters. The second-order valence-corrected chi connectivity index (χ2v) is 6.35. The Kier molecular flexibility index (Phi) is 2.71. The van der Waals surface area contributed by atoms with E-state index in [2.05, 4.69) is 23.2 Å². The maximum atomic E-state index is 11.2. The monoisotopic (exact) mass is 273 g/mol. The number of aromatic nitrogens is 1. The molecule has 0 spiro atoms. The fourth-order valence-corrected chi connectivity index (χ4v) is 3.43. The topological polar surface area (TPSA) is 50.2 Å². The maximum absolute atomic E-state index is 11.2. The van der Waals surface area contributed by atoms with Crippen LogP contribution in [0.1, 0.15) is 41.6 Å². The molecule has 4 heteroatoms. The number of carboxylic acid groups (broad SMARTS) is 1. The van der Waals surface area contributed by atoms with Crippen molar-refractivity contribution in [3.8, 4) is 0 Å². The summed E-state index contributed by atoms with van der Waals surface area (Å²) in [5.41, 5.74) is 2.44. The lowest BCUT2D eigenvalue weighted by atomic mass is 9.78. The summed E-state index contributed by atoms with van der Waals surface area (Å²) in [6.45, 7) is 3.39. The molecule has 98 valence electrons. The lowest BCUT2D eigenvalue weighted by molar-refractivity contribution is -0.142. The van der Waals surface area contributed by atoms with E-state index >= 15 is 0 Å². The van der Waals surface area contributed by atoms with Crippen LogP contribution in [-0.4, -0.2) is 16.1 Å². The molecule has 1 aliphatic carbocycles. The van der Waals surface area contributed by atoms with Gasteiger partial charge in [0.05, 0.1) is 5.69 Å². The minimum absolute atomic E-state index is 0.347. The van der Waals surface area contributed by atoms with E-state index in [1.807, 2.05) is 11.4 Å². The number of rotatable bonds is 3. The smallest absolute Gasteiger partial charge is 0.315 e. The molecule has 0 fully saturated rings. The maximum Gasteiger partial charge on any atom is 0.315 e.